The number of amides is 2. The van der Waals surface area contributed by atoms with Gasteiger partial charge in [0.25, 0.3) is 5.91 Å². The summed E-state index contributed by atoms with van der Waals surface area (Å²) < 4.78 is 11.0. The van der Waals surface area contributed by atoms with Crippen molar-refractivity contribution in [2.45, 2.75) is 39.8 Å². The lowest BCUT2D eigenvalue weighted by Gasteiger charge is -2.31. The lowest BCUT2D eigenvalue weighted by atomic mass is 10.0. The van der Waals surface area contributed by atoms with Gasteiger partial charge in [-0.3, -0.25) is 9.59 Å². The molecule has 0 heterocycles. The first-order valence-electron chi connectivity index (χ1n) is 12.3. The van der Waals surface area contributed by atoms with Crippen LogP contribution >= 0.6 is 0 Å². The van der Waals surface area contributed by atoms with E-state index in [0.717, 1.165) is 16.7 Å². The van der Waals surface area contributed by atoms with Gasteiger partial charge in [-0.2, -0.15) is 0 Å². The van der Waals surface area contributed by atoms with Crippen LogP contribution in [-0.2, 0) is 22.6 Å². The van der Waals surface area contributed by atoms with Crippen LogP contribution in [0.5, 0.6) is 11.5 Å². The maximum atomic E-state index is 13.6. The first kappa shape index (κ1) is 26.8. The molecule has 1 atom stereocenters. The number of carbonyl (C=O) groups excluding carboxylic acids is 2. The number of ether oxygens (including phenoxy) is 2. The summed E-state index contributed by atoms with van der Waals surface area (Å²) >= 11 is 0. The predicted molar refractivity (Wildman–Crippen MR) is 142 cm³/mol. The summed E-state index contributed by atoms with van der Waals surface area (Å²) in [5.41, 5.74) is 3.07. The van der Waals surface area contributed by atoms with Crippen LogP contribution in [0, 0.1) is 12.8 Å². The smallest absolute Gasteiger partial charge is 0.261 e. The van der Waals surface area contributed by atoms with E-state index < -0.39 is 6.04 Å². The topological polar surface area (TPSA) is 67.9 Å². The van der Waals surface area contributed by atoms with Crippen molar-refractivity contribution in [1.82, 2.24) is 10.2 Å². The summed E-state index contributed by atoms with van der Waals surface area (Å²) in [6.07, 6.45) is 0.408. The van der Waals surface area contributed by atoms with Crippen molar-refractivity contribution in [3.8, 4) is 11.5 Å². The van der Waals surface area contributed by atoms with Gasteiger partial charge >= 0.3 is 0 Å². The monoisotopic (exact) mass is 488 g/mol. The van der Waals surface area contributed by atoms with Gasteiger partial charge in [-0.15, -0.1) is 0 Å². The van der Waals surface area contributed by atoms with Crippen molar-refractivity contribution in [3.05, 3.63) is 95.6 Å². The zero-order valence-electron chi connectivity index (χ0n) is 21.6. The molecule has 0 saturated carbocycles. The van der Waals surface area contributed by atoms with Crippen molar-refractivity contribution in [2.24, 2.45) is 5.92 Å². The molecule has 190 valence electrons. The standard InChI is InChI=1S/C30H36N2O4/c1-22(2)19-31-30(34)28(18-24-8-6-5-7-9-24)32(20-25-12-10-23(3)11-13-25)29(33)21-36-27-16-14-26(35-4)15-17-27/h5-17,22,28H,18-21H2,1-4H3,(H,31,34)/t28-/m1/s1. The van der Waals surface area contributed by atoms with E-state index >= 15 is 0 Å². The summed E-state index contributed by atoms with van der Waals surface area (Å²) in [6.45, 7) is 6.78. The molecule has 0 aliphatic carbocycles. The Balaban J connectivity index is 1.87. The highest BCUT2D eigenvalue weighted by Gasteiger charge is 2.30. The maximum Gasteiger partial charge on any atom is 0.261 e. The fourth-order valence-electron chi connectivity index (χ4n) is 3.77. The fraction of sp³-hybridized carbons (Fsp3) is 0.333. The van der Waals surface area contributed by atoms with Gasteiger partial charge in [0.05, 0.1) is 7.11 Å². The summed E-state index contributed by atoms with van der Waals surface area (Å²) in [6, 6.07) is 24.2. The largest absolute Gasteiger partial charge is 0.497 e. The molecule has 1 N–H and O–H groups in total. The Hall–Kier alpha value is -3.80. The van der Waals surface area contributed by atoms with E-state index in [1.807, 2.05) is 75.4 Å². The van der Waals surface area contributed by atoms with Crippen LogP contribution in [0.3, 0.4) is 0 Å². The zero-order valence-corrected chi connectivity index (χ0v) is 21.6. The van der Waals surface area contributed by atoms with Crippen LogP contribution in [-0.4, -0.2) is 43.0 Å². The molecule has 2 amide bonds. The third kappa shape index (κ3) is 8.15. The molecule has 0 radical (unpaired) electrons. The second kappa shape index (κ2) is 13.3. The summed E-state index contributed by atoms with van der Waals surface area (Å²) in [5.74, 6) is 1.14. The van der Waals surface area contributed by atoms with Gasteiger partial charge < -0.3 is 19.7 Å². The minimum atomic E-state index is -0.681. The highest BCUT2D eigenvalue weighted by molar-refractivity contribution is 5.88. The number of nitrogens with one attached hydrogen (secondary N) is 1. The summed E-state index contributed by atoms with van der Waals surface area (Å²) in [5, 5.41) is 3.03. The Morgan fingerprint density at radius 2 is 1.50 bits per heavy atom. The molecule has 0 aromatic heterocycles. The Morgan fingerprint density at radius 1 is 0.861 bits per heavy atom. The van der Waals surface area contributed by atoms with Crippen molar-refractivity contribution in [1.29, 1.82) is 0 Å². The van der Waals surface area contributed by atoms with Gasteiger partial charge in [-0.1, -0.05) is 74.0 Å². The molecule has 3 aromatic carbocycles. The van der Waals surface area contributed by atoms with Gasteiger partial charge in [-0.05, 0) is 48.2 Å². The molecule has 0 unspecified atom stereocenters. The minimum Gasteiger partial charge on any atom is -0.497 e. The number of hydrogen-bond donors (Lipinski definition) is 1. The van der Waals surface area contributed by atoms with E-state index in [-0.39, 0.29) is 18.4 Å². The average Bonchev–Trinajstić information content (AvgIpc) is 2.89. The average molecular weight is 489 g/mol. The fourth-order valence-corrected chi connectivity index (χ4v) is 3.77. The Bertz CT molecular complexity index is 1100. The highest BCUT2D eigenvalue weighted by Crippen LogP contribution is 2.19. The van der Waals surface area contributed by atoms with Crippen molar-refractivity contribution in [2.75, 3.05) is 20.3 Å². The quantitative estimate of drug-likeness (QED) is 0.398. The Morgan fingerprint density at radius 3 is 2.11 bits per heavy atom. The number of methoxy groups -OCH3 is 1. The molecule has 3 rings (SSSR count). The van der Waals surface area contributed by atoms with Crippen molar-refractivity contribution >= 4 is 11.8 Å². The number of carbonyl (C=O) groups is 2. The van der Waals surface area contributed by atoms with Crippen LogP contribution in [0.1, 0.15) is 30.5 Å². The molecule has 0 aliphatic heterocycles. The SMILES string of the molecule is COc1ccc(OCC(=O)N(Cc2ccc(C)cc2)[C@H](Cc2ccccc2)C(=O)NCC(C)C)cc1. The van der Waals surface area contributed by atoms with Gasteiger partial charge in [0.2, 0.25) is 5.91 Å². The molecule has 0 saturated heterocycles. The Kier molecular flexibility index (Phi) is 9.92. The van der Waals surface area contributed by atoms with Gasteiger partial charge in [0, 0.05) is 19.5 Å². The van der Waals surface area contributed by atoms with Crippen LogP contribution in [0.25, 0.3) is 0 Å². The van der Waals surface area contributed by atoms with E-state index in [9.17, 15) is 9.59 Å². The molecule has 6 nitrogen and oxygen atoms in total. The van der Waals surface area contributed by atoms with E-state index in [1.54, 1.807) is 36.3 Å². The van der Waals surface area contributed by atoms with Crippen molar-refractivity contribution < 1.29 is 19.1 Å². The molecule has 0 fully saturated rings. The third-order valence-corrected chi connectivity index (χ3v) is 5.85. The van der Waals surface area contributed by atoms with E-state index in [2.05, 4.69) is 5.32 Å². The zero-order chi connectivity index (χ0) is 25.9. The number of aryl methyl sites for hydroxylation is 1. The van der Waals surface area contributed by atoms with Gasteiger partial charge in [-0.25, -0.2) is 0 Å². The molecular weight excluding hydrogens is 452 g/mol. The second-order valence-corrected chi connectivity index (χ2v) is 9.32. The number of benzene rings is 3. The molecule has 0 spiro atoms. The summed E-state index contributed by atoms with van der Waals surface area (Å²) in [4.78, 5) is 28.6. The first-order chi connectivity index (χ1) is 17.4. The lowest BCUT2D eigenvalue weighted by Crippen LogP contribution is -2.52. The molecule has 36 heavy (non-hydrogen) atoms. The number of rotatable bonds is 12. The van der Waals surface area contributed by atoms with Crippen LogP contribution in [0.4, 0.5) is 0 Å². The highest BCUT2D eigenvalue weighted by atomic mass is 16.5. The van der Waals surface area contributed by atoms with E-state index in [0.29, 0.717) is 36.9 Å². The first-order valence-corrected chi connectivity index (χ1v) is 12.3. The van der Waals surface area contributed by atoms with Crippen LogP contribution in [0.2, 0.25) is 0 Å². The lowest BCUT2D eigenvalue weighted by molar-refractivity contribution is -0.142. The van der Waals surface area contributed by atoms with E-state index in [1.165, 1.54) is 0 Å². The second-order valence-electron chi connectivity index (χ2n) is 9.32. The molecule has 3 aromatic rings. The summed E-state index contributed by atoms with van der Waals surface area (Å²) in [7, 11) is 1.60. The molecule has 0 bridgehead atoms. The predicted octanol–water partition coefficient (Wildman–Crippen LogP) is 4.79. The van der Waals surface area contributed by atoms with Crippen LogP contribution in [0.15, 0.2) is 78.9 Å². The van der Waals surface area contributed by atoms with Crippen molar-refractivity contribution in [3.63, 3.8) is 0 Å². The van der Waals surface area contributed by atoms with Gasteiger partial charge in [0.15, 0.2) is 6.61 Å². The normalized spacial score (nSPS) is 11.6. The Labute approximate surface area is 214 Å². The maximum absolute atomic E-state index is 13.6. The van der Waals surface area contributed by atoms with E-state index in [4.69, 9.17) is 9.47 Å². The molecular formula is C30H36N2O4. The molecule has 0 aliphatic rings. The molecule has 6 heteroatoms. The number of nitrogens with zero attached hydrogens (tertiary/aromatic N) is 1. The third-order valence-electron chi connectivity index (χ3n) is 5.85. The van der Waals surface area contributed by atoms with Crippen LogP contribution < -0.4 is 14.8 Å². The van der Waals surface area contributed by atoms with Gasteiger partial charge in [0.1, 0.15) is 17.5 Å². The minimum absolute atomic E-state index is 0.169. The number of hydrogen-bond acceptors (Lipinski definition) is 4.